The molecule has 0 bridgehead atoms. The minimum Gasteiger partial charge on any atom is -0.373 e. The van der Waals surface area contributed by atoms with Crippen LogP contribution in [0.3, 0.4) is 0 Å². The summed E-state index contributed by atoms with van der Waals surface area (Å²) in [4.78, 5) is 11.3. The van der Waals surface area contributed by atoms with Crippen molar-refractivity contribution < 1.29 is 23.1 Å². The van der Waals surface area contributed by atoms with E-state index in [1.165, 1.54) is 18.2 Å². The van der Waals surface area contributed by atoms with Crippen molar-refractivity contribution in [1.29, 1.82) is 0 Å². The van der Waals surface area contributed by atoms with Crippen molar-refractivity contribution in [3.8, 4) is 0 Å². The molecule has 0 aliphatic carbocycles. The standard InChI is InChI=1S/C10H8Cl2F3NO2/c1-9(18,10(13,14)15)8(17)16-5-2-3-6(11)7(12)4-5/h2-4,18H,1H3,(H,16,17). The number of hydrogen-bond donors (Lipinski definition) is 2. The number of carbonyl (C=O) groups is 1. The number of anilines is 1. The highest BCUT2D eigenvalue weighted by Gasteiger charge is 2.55. The van der Waals surface area contributed by atoms with Gasteiger partial charge in [-0.05, 0) is 25.1 Å². The van der Waals surface area contributed by atoms with Crippen molar-refractivity contribution in [1.82, 2.24) is 0 Å². The van der Waals surface area contributed by atoms with Gasteiger partial charge in [0.05, 0.1) is 10.0 Å². The fraction of sp³-hybridized carbons (Fsp3) is 0.300. The third kappa shape index (κ3) is 3.07. The molecule has 0 heterocycles. The van der Waals surface area contributed by atoms with Crippen LogP contribution in [0.4, 0.5) is 18.9 Å². The zero-order valence-electron chi connectivity index (χ0n) is 8.98. The molecule has 0 saturated heterocycles. The molecule has 18 heavy (non-hydrogen) atoms. The summed E-state index contributed by atoms with van der Waals surface area (Å²) in [6.07, 6.45) is -5.08. The molecule has 0 spiro atoms. The number of benzene rings is 1. The van der Waals surface area contributed by atoms with E-state index in [1.807, 2.05) is 5.32 Å². The highest BCUT2D eigenvalue weighted by molar-refractivity contribution is 6.42. The topological polar surface area (TPSA) is 49.3 Å². The van der Waals surface area contributed by atoms with Crippen molar-refractivity contribution in [3.05, 3.63) is 28.2 Å². The highest BCUT2D eigenvalue weighted by Crippen LogP contribution is 2.32. The first-order valence-corrected chi connectivity index (χ1v) is 5.37. The van der Waals surface area contributed by atoms with E-state index in [0.29, 0.717) is 6.92 Å². The summed E-state index contributed by atoms with van der Waals surface area (Å²) in [6.45, 7) is 0.361. The maximum Gasteiger partial charge on any atom is 0.426 e. The van der Waals surface area contributed by atoms with E-state index in [4.69, 9.17) is 28.3 Å². The van der Waals surface area contributed by atoms with Crippen LogP contribution in [-0.2, 0) is 4.79 Å². The molecule has 1 aromatic rings. The first-order valence-electron chi connectivity index (χ1n) is 4.61. The van der Waals surface area contributed by atoms with Crippen LogP contribution in [0.2, 0.25) is 10.0 Å². The van der Waals surface area contributed by atoms with Crippen molar-refractivity contribution in [3.63, 3.8) is 0 Å². The Balaban J connectivity index is 2.91. The lowest BCUT2D eigenvalue weighted by atomic mass is 10.1. The molecule has 0 saturated carbocycles. The summed E-state index contributed by atoms with van der Waals surface area (Å²) in [5.41, 5.74) is -3.49. The fourth-order valence-electron chi connectivity index (χ4n) is 0.955. The first-order chi connectivity index (χ1) is 8.05. The lowest BCUT2D eigenvalue weighted by Gasteiger charge is -2.24. The summed E-state index contributed by atoms with van der Waals surface area (Å²) in [6, 6.07) is 3.74. The SMILES string of the molecule is CC(O)(C(=O)Nc1ccc(Cl)c(Cl)c1)C(F)(F)F. The number of aliphatic hydroxyl groups is 1. The van der Waals surface area contributed by atoms with Crippen LogP contribution in [0, 0.1) is 0 Å². The van der Waals surface area contributed by atoms with Crippen LogP contribution in [-0.4, -0.2) is 22.8 Å². The molecule has 1 atom stereocenters. The average Bonchev–Trinajstić information content (AvgIpc) is 2.21. The summed E-state index contributed by atoms with van der Waals surface area (Å²) in [5.74, 6) is -1.60. The molecular formula is C10H8Cl2F3NO2. The second kappa shape index (κ2) is 4.95. The van der Waals surface area contributed by atoms with Gasteiger partial charge in [0.2, 0.25) is 5.60 Å². The minimum absolute atomic E-state index is 0.000995. The number of carbonyl (C=O) groups excluding carboxylic acids is 1. The molecule has 0 aromatic heterocycles. The van der Waals surface area contributed by atoms with Gasteiger partial charge in [-0.1, -0.05) is 23.2 Å². The molecule has 2 N–H and O–H groups in total. The second-order valence-electron chi connectivity index (χ2n) is 3.65. The number of halogens is 5. The molecule has 1 rings (SSSR count). The van der Waals surface area contributed by atoms with Gasteiger partial charge in [-0.15, -0.1) is 0 Å². The predicted octanol–water partition coefficient (Wildman–Crippen LogP) is 3.25. The van der Waals surface area contributed by atoms with Crippen LogP contribution in [0.1, 0.15) is 6.92 Å². The van der Waals surface area contributed by atoms with E-state index in [1.54, 1.807) is 0 Å². The van der Waals surface area contributed by atoms with Crippen molar-refractivity contribution in [2.75, 3.05) is 5.32 Å². The maximum absolute atomic E-state index is 12.4. The monoisotopic (exact) mass is 301 g/mol. The van der Waals surface area contributed by atoms with Gasteiger partial charge in [0.15, 0.2) is 0 Å². The Bertz CT molecular complexity index is 475. The minimum atomic E-state index is -5.08. The van der Waals surface area contributed by atoms with Gasteiger partial charge in [0.1, 0.15) is 0 Å². The zero-order valence-corrected chi connectivity index (χ0v) is 10.5. The average molecular weight is 302 g/mol. The largest absolute Gasteiger partial charge is 0.426 e. The van der Waals surface area contributed by atoms with Crippen LogP contribution in [0.5, 0.6) is 0 Å². The number of hydrogen-bond acceptors (Lipinski definition) is 2. The molecule has 0 aliphatic rings. The normalized spacial score (nSPS) is 15.1. The lowest BCUT2D eigenvalue weighted by molar-refractivity contribution is -0.242. The van der Waals surface area contributed by atoms with E-state index in [0.717, 1.165) is 0 Å². The molecule has 100 valence electrons. The van der Waals surface area contributed by atoms with Crippen molar-refractivity contribution >= 4 is 34.8 Å². The Morgan fingerprint density at radius 1 is 1.28 bits per heavy atom. The Morgan fingerprint density at radius 2 is 1.83 bits per heavy atom. The van der Waals surface area contributed by atoms with E-state index in [2.05, 4.69) is 0 Å². The van der Waals surface area contributed by atoms with E-state index >= 15 is 0 Å². The summed E-state index contributed by atoms with van der Waals surface area (Å²) in [7, 11) is 0. The first kappa shape index (κ1) is 15.1. The number of alkyl halides is 3. The predicted molar refractivity (Wildman–Crippen MR) is 61.8 cm³/mol. The van der Waals surface area contributed by atoms with Crippen LogP contribution in [0.15, 0.2) is 18.2 Å². The molecule has 0 fully saturated rings. The van der Waals surface area contributed by atoms with Gasteiger partial charge in [-0.25, -0.2) is 0 Å². The van der Waals surface area contributed by atoms with Crippen LogP contribution >= 0.6 is 23.2 Å². The Morgan fingerprint density at radius 3 is 2.28 bits per heavy atom. The highest BCUT2D eigenvalue weighted by atomic mass is 35.5. The van der Waals surface area contributed by atoms with Gasteiger partial charge in [-0.3, -0.25) is 4.79 Å². The Labute approximate surface area is 110 Å². The second-order valence-corrected chi connectivity index (χ2v) is 4.47. The third-order valence-electron chi connectivity index (χ3n) is 2.17. The number of amides is 1. The lowest BCUT2D eigenvalue weighted by Crippen LogP contribution is -2.52. The van der Waals surface area contributed by atoms with E-state index < -0.39 is 17.7 Å². The maximum atomic E-state index is 12.4. The smallest absolute Gasteiger partial charge is 0.373 e. The summed E-state index contributed by atoms with van der Waals surface area (Å²) >= 11 is 11.2. The molecular weight excluding hydrogens is 294 g/mol. The van der Waals surface area contributed by atoms with Gasteiger partial charge >= 0.3 is 6.18 Å². The Kier molecular flexibility index (Phi) is 4.15. The molecule has 0 aliphatic heterocycles. The number of nitrogens with one attached hydrogen (secondary N) is 1. The van der Waals surface area contributed by atoms with Gasteiger partial charge in [0.25, 0.3) is 5.91 Å². The van der Waals surface area contributed by atoms with Crippen molar-refractivity contribution in [2.45, 2.75) is 18.7 Å². The molecule has 0 radical (unpaired) electrons. The summed E-state index contributed by atoms with van der Waals surface area (Å²) < 4.78 is 37.1. The molecule has 1 amide bonds. The van der Waals surface area contributed by atoms with Gasteiger partial charge in [0, 0.05) is 5.69 Å². The molecule has 1 aromatic carbocycles. The quantitative estimate of drug-likeness (QED) is 0.881. The van der Waals surface area contributed by atoms with Crippen LogP contribution < -0.4 is 5.32 Å². The van der Waals surface area contributed by atoms with Crippen molar-refractivity contribution in [2.24, 2.45) is 0 Å². The van der Waals surface area contributed by atoms with E-state index in [-0.39, 0.29) is 15.7 Å². The number of rotatable bonds is 2. The van der Waals surface area contributed by atoms with Gasteiger partial charge in [-0.2, -0.15) is 13.2 Å². The Hall–Kier alpha value is -0.980. The van der Waals surface area contributed by atoms with Gasteiger partial charge < -0.3 is 10.4 Å². The molecule has 1 unspecified atom stereocenters. The fourth-order valence-corrected chi connectivity index (χ4v) is 1.25. The summed E-state index contributed by atoms with van der Waals surface area (Å²) in [5, 5.41) is 11.3. The zero-order chi connectivity index (χ0) is 14.1. The molecule has 3 nitrogen and oxygen atoms in total. The van der Waals surface area contributed by atoms with Crippen LogP contribution in [0.25, 0.3) is 0 Å². The third-order valence-corrected chi connectivity index (χ3v) is 2.91. The molecule has 8 heteroatoms. The van der Waals surface area contributed by atoms with E-state index in [9.17, 15) is 18.0 Å².